The fraction of sp³-hybridized carbons (Fsp3) is 0.312. The van der Waals surface area contributed by atoms with E-state index in [1.807, 2.05) is 0 Å². The van der Waals surface area contributed by atoms with Crippen molar-refractivity contribution in [2.45, 2.75) is 26.3 Å². The number of ether oxygens (including phenoxy) is 1. The summed E-state index contributed by atoms with van der Waals surface area (Å²) in [5.74, 6) is 1.04. The fourth-order valence-electron chi connectivity index (χ4n) is 1.95. The molecule has 1 aromatic heterocycles. The van der Waals surface area contributed by atoms with Gasteiger partial charge < -0.3 is 19.9 Å². The average Bonchev–Trinajstić information content (AvgIpc) is 2.93. The van der Waals surface area contributed by atoms with E-state index in [1.54, 1.807) is 51.3 Å². The highest BCUT2D eigenvalue weighted by molar-refractivity contribution is 5.96. The van der Waals surface area contributed by atoms with Crippen LogP contribution in [0.2, 0.25) is 0 Å². The first-order valence-corrected chi connectivity index (χ1v) is 7.14. The molecule has 7 heteroatoms. The second kappa shape index (κ2) is 7.44. The Balaban J connectivity index is 1.84. The molecule has 2 rings (SSSR count). The van der Waals surface area contributed by atoms with E-state index in [1.165, 1.54) is 0 Å². The minimum Gasteiger partial charge on any atom is -0.497 e. The van der Waals surface area contributed by atoms with E-state index in [0.717, 1.165) is 11.3 Å². The summed E-state index contributed by atoms with van der Waals surface area (Å²) in [6.45, 7) is 3.33. The van der Waals surface area contributed by atoms with Gasteiger partial charge in [-0.2, -0.15) is 0 Å². The molecule has 0 aliphatic heterocycles. The second-order valence-corrected chi connectivity index (χ2v) is 5.13. The van der Waals surface area contributed by atoms with Crippen LogP contribution in [0.4, 0.5) is 5.82 Å². The summed E-state index contributed by atoms with van der Waals surface area (Å²) in [5, 5.41) is 8.88. The van der Waals surface area contributed by atoms with Gasteiger partial charge in [0, 0.05) is 6.07 Å². The van der Waals surface area contributed by atoms with Crippen molar-refractivity contribution in [1.29, 1.82) is 0 Å². The molecule has 1 aromatic carbocycles. The standard InChI is InChI=1S/C16H19N3O4/c1-10-8-14(19-23-10)18-16(21)11(2)17-15(20)9-12-4-6-13(22-3)7-5-12/h4-8,11H,9H2,1-3H3,(H,17,20)(H,18,19,21)/t11-/m1/s1. The molecule has 0 bridgehead atoms. The van der Waals surface area contributed by atoms with Gasteiger partial charge in [0.1, 0.15) is 17.6 Å². The van der Waals surface area contributed by atoms with E-state index < -0.39 is 6.04 Å². The van der Waals surface area contributed by atoms with Gasteiger partial charge >= 0.3 is 0 Å². The first kappa shape index (κ1) is 16.5. The van der Waals surface area contributed by atoms with Crippen molar-refractivity contribution in [3.05, 3.63) is 41.7 Å². The Bertz CT molecular complexity index is 679. The van der Waals surface area contributed by atoms with Gasteiger partial charge in [0.15, 0.2) is 5.82 Å². The van der Waals surface area contributed by atoms with Crippen LogP contribution in [0.25, 0.3) is 0 Å². The van der Waals surface area contributed by atoms with Crippen molar-refractivity contribution in [2.24, 2.45) is 0 Å². The predicted octanol–water partition coefficient (Wildman–Crippen LogP) is 1.68. The minimum atomic E-state index is -0.683. The summed E-state index contributed by atoms with van der Waals surface area (Å²) in [6, 6.07) is 8.10. The van der Waals surface area contributed by atoms with E-state index >= 15 is 0 Å². The first-order valence-electron chi connectivity index (χ1n) is 7.14. The Morgan fingerprint density at radius 3 is 2.57 bits per heavy atom. The van der Waals surface area contributed by atoms with Crippen LogP contribution in [-0.2, 0) is 16.0 Å². The molecule has 0 fully saturated rings. The van der Waals surface area contributed by atoms with Gasteiger partial charge in [-0.3, -0.25) is 9.59 Å². The Morgan fingerprint density at radius 2 is 2.00 bits per heavy atom. The molecule has 7 nitrogen and oxygen atoms in total. The molecule has 2 N–H and O–H groups in total. The lowest BCUT2D eigenvalue weighted by Gasteiger charge is -2.13. The zero-order chi connectivity index (χ0) is 16.8. The van der Waals surface area contributed by atoms with Crippen LogP contribution < -0.4 is 15.4 Å². The minimum absolute atomic E-state index is 0.185. The molecule has 23 heavy (non-hydrogen) atoms. The molecular weight excluding hydrogens is 298 g/mol. The van der Waals surface area contributed by atoms with Gasteiger partial charge in [-0.1, -0.05) is 17.3 Å². The molecule has 2 aromatic rings. The van der Waals surface area contributed by atoms with Crippen molar-refractivity contribution < 1.29 is 18.8 Å². The molecule has 0 unspecified atom stereocenters. The van der Waals surface area contributed by atoms with Gasteiger partial charge in [-0.25, -0.2) is 0 Å². The molecular formula is C16H19N3O4. The largest absolute Gasteiger partial charge is 0.497 e. The Hall–Kier alpha value is -2.83. The maximum atomic E-state index is 12.0. The molecule has 0 aliphatic carbocycles. The van der Waals surface area contributed by atoms with E-state index in [4.69, 9.17) is 9.26 Å². The smallest absolute Gasteiger partial charge is 0.247 e. The Morgan fingerprint density at radius 1 is 1.30 bits per heavy atom. The number of rotatable bonds is 6. The van der Waals surface area contributed by atoms with Crippen LogP contribution in [0.1, 0.15) is 18.2 Å². The van der Waals surface area contributed by atoms with Crippen molar-refractivity contribution in [3.63, 3.8) is 0 Å². The van der Waals surface area contributed by atoms with Crippen molar-refractivity contribution in [1.82, 2.24) is 10.5 Å². The van der Waals surface area contributed by atoms with Crippen LogP contribution in [0, 0.1) is 6.92 Å². The predicted molar refractivity (Wildman–Crippen MR) is 84.2 cm³/mol. The summed E-state index contributed by atoms with van der Waals surface area (Å²) in [7, 11) is 1.58. The topological polar surface area (TPSA) is 93.5 Å². The summed E-state index contributed by atoms with van der Waals surface area (Å²) in [6.07, 6.45) is 0.185. The van der Waals surface area contributed by atoms with Crippen LogP contribution in [0.5, 0.6) is 5.75 Å². The third-order valence-corrected chi connectivity index (χ3v) is 3.17. The number of aryl methyl sites for hydroxylation is 1. The number of carbonyl (C=O) groups is 2. The van der Waals surface area contributed by atoms with Crippen LogP contribution >= 0.6 is 0 Å². The zero-order valence-electron chi connectivity index (χ0n) is 13.3. The normalized spacial score (nSPS) is 11.6. The molecule has 0 radical (unpaired) electrons. The quantitative estimate of drug-likeness (QED) is 0.845. The number of methoxy groups -OCH3 is 1. The van der Waals surface area contributed by atoms with Crippen molar-refractivity contribution in [2.75, 3.05) is 12.4 Å². The van der Waals surface area contributed by atoms with E-state index in [9.17, 15) is 9.59 Å². The number of nitrogens with one attached hydrogen (secondary N) is 2. The zero-order valence-corrected chi connectivity index (χ0v) is 13.3. The van der Waals surface area contributed by atoms with Crippen molar-refractivity contribution in [3.8, 4) is 5.75 Å². The van der Waals surface area contributed by atoms with Gasteiger partial charge in [0.2, 0.25) is 11.8 Å². The summed E-state index contributed by atoms with van der Waals surface area (Å²) in [5.41, 5.74) is 0.836. The summed E-state index contributed by atoms with van der Waals surface area (Å²) < 4.78 is 9.92. The highest BCUT2D eigenvalue weighted by Crippen LogP contribution is 2.12. The van der Waals surface area contributed by atoms with Gasteiger partial charge in [0.25, 0.3) is 0 Å². The Labute approximate surface area is 134 Å². The average molecular weight is 317 g/mol. The van der Waals surface area contributed by atoms with E-state index in [2.05, 4.69) is 15.8 Å². The maximum absolute atomic E-state index is 12.0. The van der Waals surface area contributed by atoms with Gasteiger partial charge in [-0.05, 0) is 31.5 Å². The third kappa shape index (κ3) is 4.84. The number of anilines is 1. The number of amides is 2. The number of hydrogen-bond donors (Lipinski definition) is 2. The van der Waals surface area contributed by atoms with E-state index in [0.29, 0.717) is 11.6 Å². The lowest BCUT2D eigenvalue weighted by atomic mass is 10.1. The summed E-state index contributed by atoms with van der Waals surface area (Å²) in [4.78, 5) is 24.0. The SMILES string of the molecule is COc1ccc(CC(=O)N[C@H](C)C(=O)Nc2cc(C)on2)cc1. The van der Waals surface area contributed by atoms with Crippen LogP contribution in [0.15, 0.2) is 34.9 Å². The van der Waals surface area contributed by atoms with Crippen molar-refractivity contribution >= 4 is 17.6 Å². The first-order chi connectivity index (χ1) is 11.0. The highest BCUT2D eigenvalue weighted by atomic mass is 16.5. The molecule has 0 saturated carbocycles. The number of hydrogen-bond acceptors (Lipinski definition) is 5. The Kier molecular flexibility index (Phi) is 5.35. The molecule has 0 spiro atoms. The maximum Gasteiger partial charge on any atom is 0.247 e. The fourth-order valence-corrected chi connectivity index (χ4v) is 1.95. The number of carbonyl (C=O) groups excluding carboxylic acids is 2. The number of benzene rings is 1. The molecule has 1 heterocycles. The van der Waals surface area contributed by atoms with E-state index in [-0.39, 0.29) is 18.2 Å². The number of aromatic nitrogens is 1. The lowest BCUT2D eigenvalue weighted by Crippen LogP contribution is -2.42. The number of nitrogens with zero attached hydrogens (tertiary/aromatic N) is 1. The molecule has 122 valence electrons. The second-order valence-electron chi connectivity index (χ2n) is 5.13. The lowest BCUT2D eigenvalue weighted by molar-refractivity contribution is -0.125. The van der Waals surface area contributed by atoms with Gasteiger partial charge in [0.05, 0.1) is 13.5 Å². The van der Waals surface area contributed by atoms with Gasteiger partial charge in [-0.15, -0.1) is 0 Å². The molecule has 1 atom stereocenters. The molecule has 0 aliphatic rings. The monoisotopic (exact) mass is 317 g/mol. The van der Waals surface area contributed by atoms with Crippen LogP contribution in [-0.4, -0.2) is 30.1 Å². The highest BCUT2D eigenvalue weighted by Gasteiger charge is 2.17. The summed E-state index contributed by atoms with van der Waals surface area (Å²) >= 11 is 0. The molecule has 2 amide bonds. The third-order valence-electron chi connectivity index (χ3n) is 3.17. The molecule has 0 saturated heterocycles. The van der Waals surface area contributed by atoms with Crippen LogP contribution in [0.3, 0.4) is 0 Å².